The molecule has 3 nitrogen and oxygen atoms in total. The first-order valence-electron chi connectivity index (χ1n) is 10.3. The number of nitrogens with one attached hydrogen (secondary N) is 1. The Balaban J connectivity index is 1.71. The van der Waals surface area contributed by atoms with E-state index in [0.29, 0.717) is 24.5 Å². The van der Waals surface area contributed by atoms with Crippen LogP contribution in [0.3, 0.4) is 0 Å². The summed E-state index contributed by atoms with van der Waals surface area (Å²) in [4.78, 5) is 12.4. The largest absolute Gasteiger partial charge is 0.507 e. The van der Waals surface area contributed by atoms with Crippen molar-refractivity contribution in [2.24, 2.45) is 0 Å². The van der Waals surface area contributed by atoms with Crippen LogP contribution in [-0.2, 0) is 12.6 Å². The van der Waals surface area contributed by atoms with E-state index in [1.807, 2.05) is 0 Å². The molecule has 0 aromatic heterocycles. The van der Waals surface area contributed by atoms with Gasteiger partial charge >= 0.3 is 6.18 Å². The molecule has 0 spiro atoms. The standard InChI is InChI=1S/C25H22F5NO2/c26-20-8-4-5-16(14-20)18(15-31-24(33)21-9-1-2-10-23(21)32)7-3-6-17-13-19(25(28,29)30)11-12-22(17)27/h1-2,4-5,8-14,18,32H,3,6-7,15H2,(H,31,33). The second kappa shape index (κ2) is 10.5. The van der Waals surface area contributed by atoms with Gasteiger partial charge in [0.25, 0.3) is 5.91 Å². The lowest BCUT2D eigenvalue weighted by atomic mass is 9.92. The van der Waals surface area contributed by atoms with Crippen molar-refractivity contribution < 1.29 is 31.9 Å². The highest BCUT2D eigenvalue weighted by atomic mass is 19.4. The third kappa shape index (κ3) is 6.54. The highest BCUT2D eigenvalue weighted by Crippen LogP contribution is 2.31. The van der Waals surface area contributed by atoms with Crippen molar-refractivity contribution in [3.63, 3.8) is 0 Å². The number of alkyl halides is 3. The average molecular weight is 463 g/mol. The Labute approximate surface area is 187 Å². The molecule has 0 saturated carbocycles. The number of carbonyl (C=O) groups is 1. The normalized spacial score (nSPS) is 12.4. The molecule has 0 heterocycles. The highest BCUT2D eigenvalue weighted by Gasteiger charge is 2.31. The van der Waals surface area contributed by atoms with Crippen molar-refractivity contribution in [1.82, 2.24) is 5.32 Å². The van der Waals surface area contributed by atoms with Gasteiger partial charge in [-0.05, 0) is 72.9 Å². The lowest BCUT2D eigenvalue weighted by molar-refractivity contribution is -0.137. The molecule has 174 valence electrons. The van der Waals surface area contributed by atoms with E-state index in [1.165, 1.54) is 30.3 Å². The summed E-state index contributed by atoms with van der Waals surface area (Å²) in [5.41, 5.74) is -0.296. The minimum absolute atomic E-state index is 0.0506. The Morgan fingerprint density at radius 3 is 2.42 bits per heavy atom. The van der Waals surface area contributed by atoms with Crippen molar-refractivity contribution >= 4 is 5.91 Å². The van der Waals surface area contributed by atoms with E-state index in [1.54, 1.807) is 18.2 Å². The van der Waals surface area contributed by atoms with Crippen molar-refractivity contribution in [3.8, 4) is 5.75 Å². The molecule has 0 aliphatic carbocycles. The molecule has 1 unspecified atom stereocenters. The number of para-hydroxylation sites is 1. The molecule has 3 aromatic rings. The van der Waals surface area contributed by atoms with Crippen molar-refractivity contribution in [2.75, 3.05) is 6.54 Å². The topological polar surface area (TPSA) is 49.3 Å². The molecule has 0 fully saturated rings. The Kier molecular flexibility index (Phi) is 7.68. The molecule has 1 amide bonds. The molecule has 3 rings (SSSR count). The molecule has 0 radical (unpaired) electrons. The summed E-state index contributed by atoms with van der Waals surface area (Å²) in [5.74, 6) is -2.26. The van der Waals surface area contributed by atoms with E-state index in [-0.39, 0.29) is 35.8 Å². The molecule has 0 aliphatic heterocycles. The lowest BCUT2D eigenvalue weighted by Gasteiger charge is -2.19. The van der Waals surface area contributed by atoms with E-state index < -0.39 is 29.3 Å². The van der Waals surface area contributed by atoms with Gasteiger partial charge in [0.05, 0.1) is 11.1 Å². The molecule has 0 saturated heterocycles. The van der Waals surface area contributed by atoms with Gasteiger partial charge in [0.15, 0.2) is 0 Å². The number of phenols is 1. The molecular formula is C25H22F5NO2. The summed E-state index contributed by atoms with van der Waals surface area (Å²) in [6, 6.07) is 14.1. The summed E-state index contributed by atoms with van der Waals surface area (Å²) in [6.07, 6.45) is -3.85. The first kappa shape index (κ1) is 24.2. The quantitative estimate of drug-likeness (QED) is 0.390. The third-order valence-electron chi connectivity index (χ3n) is 5.35. The summed E-state index contributed by atoms with van der Waals surface area (Å²) >= 11 is 0. The van der Waals surface area contributed by atoms with Crippen LogP contribution in [0.2, 0.25) is 0 Å². The maximum absolute atomic E-state index is 14.0. The highest BCUT2D eigenvalue weighted by molar-refractivity contribution is 5.96. The molecule has 8 heteroatoms. The molecular weight excluding hydrogens is 441 g/mol. The van der Waals surface area contributed by atoms with Crippen molar-refractivity contribution in [2.45, 2.75) is 31.4 Å². The Hall–Kier alpha value is -3.42. The number of carbonyl (C=O) groups excluding carboxylic acids is 1. The molecule has 3 aromatic carbocycles. The van der Waals surface area contributed by atoms with Crippen LogP contribution in [0.1, 0.15) is 45.8 Å². The zero-order chi connectivity index (χ0) is 24.0. The summed E-state index contributed by atoms with van der Waals surface area (Å²) in [7, 11) is 0. The fourth-order valence-electron chi connectivity index (χ4n) is 3.61. The minimum Gasteiger partial charge on any atom is -0.507 e. The number of hydrogen-bond acceptors (Lipinski definition) is 2. The summed E-state index contributed by atoms with van der Waals surface area (Å²) in [6.45, 7) is 0.0989. The molecule has 2 N–H and O–H groups in total. The van der Waals surface area contributed by atoms with Gasteiger partial charge in [-0.25, -0.2) is 8.78 Å². The van der Waals surface area contributed by atoms with E-state index in [4.69, 9.17) is 0 Å². The van der Waals surface area contributed by atoms with Crippen LogP contribution in [-0.4, -0.2) is 17.6 Å². The predicted octanol–water partition coefficient (Wildman–Crippen LogP) is 6.23. The Morgan fingerprint density at radius 1 is 0.970 bits per heavy atom. The zero-order valence-corrected chi connectivity index (χ0v) is 17.5. The first-order chi connectivity index (χ1) is 15.6. The second-order valence-electron chi connectivity index (χ2n) is 7.68. The van der Waals surface area contributed by atoms with Gasteiger partial charge in [-0.2, -0.15) is 13.2 Å². The van der Waals surface area contributed by atoms with Crippen LogP contribution in [0.4, 0.5) is 22.0 Å². The Morgan fingerprint density at radius 2 is 1.73 bits per heavy atom. The van der Waals surface area contributed by atoms with E-state index in [0.717, 1.165) is 12.1 Å². The fourth-order valence-corrected chi connectivity index (χ4v) is 3.61. The van der Waals surface area contributed by atoms with Crippen LogP contribution < -0.4 is 5.32 Å². The molecule has 0 bridgehead atoms. The van der Waals surface area contributed by atoms with E-state index in [2.05, 4.69) is 5.32 Å². The van der Waals surface area contributed by atoms with Crippen LogP contribution in [0.5, 0.6) is 5.75 Å². The maximum Gasteiger partial charge on any atom is 0.416 e. The van der Waals surface area contributed by atoms with E-state index >= 15 is 0 Å². The lowest BCUT2D eigenvalue weighted by Crippen LogP contribution is -2.28. The van der Waals surface area contributed by atoms with Crippen LogP contribution in [0.25, 0.3) is 0 Å². The van der Waals surface area contributed by atoms with Gasteiger partial charge in [0.2, 0.25) is 0 Å². The van der Waals surface area contributed by atoms with Crippen molar-refractivity contribution in [1.29, 1.82) is 0 Å². The number of benzene rings is 3. The monoisotopic (exact) mass is 463 g/mol. The van der Waals surface area contributed by atoms with Gasteiger partial charge in [-0.3, -0.25) is 4.79 Å². The first-order valence-corrected chi connectivity index (χ1v) is 10.3. The maximum atomic E-state index is 14.0. The number of rotatable bonds is 8. The number of hydrogen-bond donors (Lipinski definition) is 2. The molecule has 1 atom stereocenters. The smallest absolute Gasteiger partial charge is 0.416 e. The molecule has 33 heavy (non-hydrogen) atoms. The summed E-state index contributed by atoms with van der Waals surface area (Å²) < 4.78 is 66.6. The number of phenolic OH excluding ortho intramolecular Hbond substituents is 1. The zero-order valence-electron chi connectivity index (χ0n) is 17.5. The van der Waals surface area contributed by atoms with Gasteiger partial charge in [0, 0.05) is 12.5 Å². The molecule has 0 aliphatic rings. The number of amides is 1. The van der Waals surface area contributed by atoms with Gasteiger partial charge in [-0.1, -0.05) is 24.3 Å². The predicted molar refractivity (Wildman–Crippen MR) is 114 cm³/mol. The van der Waals surface area contributed by atoms with Gasteiger partial charge in [0.1, 0.15) is 17.4 Å². The number of aryl methyl sites for hydroxylation is 1. The SMILES string of the molecule is O=C(NCC(CCCc1cc(C(F)(F)F)ccc1F)c1cccc(F)c1)c1ccccc1O. The number of halogens is 5. The number of aromatic hydroxyl groups is 1. The van der Waals surface area contributed by atoms with Crippen LogP contribution in [0.15, 0.2) is 66.7 Å². The second-order valence-corrected chi connectivity index (χ2v) is 7.68. The van der Waals surface area contributed by atoms with Crippen molar-refractivity contribution in [3.05, 3.63) is 101 Å². The van der Waals surface area contributed by atoms with Gasteiger partial charge < -0.3 is 10.4 Å². The van der Waals surface area contributed by atoms with Crippen LogP contribution in [0, 0.1) is 11.6 Å². The Bertz CT molecular complexity index is 1110. The minimum atomic E-state index is -4.57. The van der Waals surface area contributed by atoms with Gasteiger partial charge in [-0.15, -0.1) is 0 Å². The van der Waals surface area contributed by atoms with E-state index in [9.17, 15) is 31.9 Å². The third-order valence-corrected chi connectivity index (χ3v) is 5.35. The average Bonchev–Trinajstić information content (AvgIpc) is 2.76. The van der Waals surface area contributed by atoms with Crippen LogP contribution >= 0.6 is 0 Å². The summed E-state index contributed by atoms with van der Waals surface area (Å²) in [5, 5.41) is 12.5. The fraction of sp³-hybridized carbons (Fsp3) is 0.240.